The molecule has 6 nitrogen and oxygen atoms in total. The summed E-state index contributed by atoms with van der Waals surface area (Å²) < 4.78 is 0. The Morgan fingerprint density at radius 2 is 2.29 bits per heavy atom. The molecule has 1 unspecified atom stereocenters. The average Bonchev–Trinajstić information content (AvgIpc) is 2.80. The zero-order valence-corrected chi connectivity index (χ0v) is 9.93. The van der Waals surface area contributed by atoms with Crippen LogP contribution in [0.1, 0.15) is 19.3 Å². The molecule has 2 aliphatic rings. The molecule has 0 saturated carbocycles. The van der Waals surface area contributed by atoms with E-state index in [0.29, 0.717) is 31.6 Å². The molecule has 0 spiro atoms. The van der Waals surface area contributed by atoms with Crippen molar-refractivity contribution < 1.29 is 14.7 Å². The van der Waals surface area contributed by atoms with E-state index in [9.17, 15) is 9.59 Å². The molecule has 1 saturated heterocycles. The first-order valence-electron chi connectivity index (χ1n) is 5.86. The molecule has 0 radical (unpaired) electrons. The Balaban J connectivity index is 2.01. The normalized spacial score (nSPS) is 25.2. The zero-order valence-electron chi connectivity index (χ0n) is 9.93. The highest BCUT2D eigenvalue weighted by atomic mass is 16.3. The quantitative estimate of drug-likeness (QED) is 0.701. The number of hydrogen-bond donors (Lipinski definition) is 1. The van der Waals surface area contributed by atoms with Gasteiger partial charge in [0, 0.05) is 45.5 Å². The van der Waals surface area contributed by atoms with E-state index in [-0.39, 0.29) is 24.3 Å². The summed E-state index contributed by atoms with van der Waals surface area (Å²) in [6.07, 6.45) is 1.60. The standard InChI is InChI=1S/C11H17N3O3/c1-13-10(16)3-2-9(12-13)11(17)14-5-4-8(6-14)7-15/h8,15H,2-7H2,1H3. The van der Waals surface area contributed by atoms with Crippen molar-refractivity contribution in [3.8, 4) is 0 Å². The van der Waals surface area contributed by atoms with Crippen LogP contribution in [0, 0.1) is 5.92 Å². The lowest BCUT2D eigenvalue weighted by Crippen LogP contribution is -2.39. The molecule has 0 bridgehead atoms. The van der Waals surface area contributed by atoms with Crippen LogP contribution in [0.4, 0.5) is 0 Å². The van der Waals surface area contributed by atoms with Crippen LogP contribution >= 0.6 is 0 Å². The third kappa shape index (κ3) is 2.46. The molecule has 6 heteroatoms. The third-order valence-corrected chi connectivity index (χ3v) is 3.29. The van der Waals surface area contributed by atoms with Gasteiger partial charge in [0.2, 0.25) is 5.91 Å². The van der Waals surface area contributed by atoms with Crippen molar-refractivity contribution in [1.29, 1.82) is 0 Å². The van der Waals surface area contributed by atoms with E-state index in [4.69, 9.17) is 5.11 Å². The fraction of sp³-hybridized carbons (Fsp3) is 0.727. The number of aliphatic hydroxyl groups excluding tert-OH is 1. The molecule has 1 N–H and O–H groups in total. The van der Waals surface area contributed by atoms with E-state index in [2.05, 4.69) is 5.10 Å². The van der Waals surface area contributed by atoms with Gasteiger partial charge < -0.3 is 10.0 Å². The average molecular weight is 239 g/mol. The number of hydrogen-bond acceptors (Lipinski definition) is 4. The zero-order chi connectivity index (χ0) is 12.4. The van der Waals surface area contributed by atoms with Gasteiger partial charge in [0.05, 0.1) is 0 Å². The van der Waals surface area contributed by atoms with Crippen LogP contribution in [0.25, 0.3) is 0 Å². The van der Waals surface area contributed by atoms with Crippen molar-refractivity contribution in [2.24, 2.45) is 11.0 Å². The maximum absolute atomic E-state index is 12.1. The van der Waals surface area contributed by atoms with E-state index in [1.165, 1.54) is 5.01 Å². The van der Waals surface area contributed by atoms with Gasteiger partial charge in [-0.25, -0.2) is 5.01 Å². The van der Waals surface area contributed by atoms with Crippen molar-refractivity contribution in [3.05, 3.63) is 0 Å². The molecule has 1 atom stereocenters. The van der Waals surface area contributed by atoms with Crippen LogP contribution in [-0.4, -0.2) is 59.3 Å². The molecule has 1 fully saturated rings. The summed E-state index contributed by atoms with van der Waals surface area (Å²) in [5, 5.41) is 14.3. The number of carbonyl (C=O) groups is 2. The SMILES string of the molecule is CN1N=C(C(=O)N2CCC(CO)C2)CCC1=O. The minimum atomic E-state index is -0.0969. The molecule has 0 aromatic carbocycles. The fourth-order valence-electron chi connectivity index (χ4n) is 2.17. The van der Waals surface area contributed by atoms with E-state index in [0.717, 1.165) is 6.42 Å². The fourth-order valence-corrected chi connectivity index (χ4v) is 2.17. The van der Waals surface area contributed by atoms with E-state index < -0.39 is 0 Å². The molecule has 94 valence electrons. The second kappa shape index (κ2) is 4.83. The van der Waals surface area contributed by atoms with Crippen LogP contribution in [-0.2, 0) is 9.59 Å². The van der Waals surface area contributed by atoms with Crippen molar-refractivity contribution in [3.63, 3.8) is 0 Å². The Morgan fingerprint density at radius 3 is 2.88 bits per heavy atom. The molecule has 2 rings (SSSR count). The first-order chi connectivity index (χ1) is 8.11. The number of rotatable bonds is 2. The number of likely N-dealkylation sites (tertiary alicyclic amines) is 1. The van der Waals surface area contributed by atoms with Gasteiger partial charge in [-0.15, -0.1) is 0 Å². The predicted molar refractivity (Wildman–Crippen MR) is 61.2 cm³/mol. The number of amides is 2. The molecule has 0 aromatic heterocycles. The van der Waals surface area contributed by atoms with Gasteiger partial charge in [-0.05, 0) is 6.42 Å². The molecule has 0 aromatic rings. The van der Waals surface area contributed by atoms with E-state index in [1.807, 2.05) is 0 Å². The van der Waals surface area contributed by atoms with Gasteiger partial charge >= 0.3 is 0 Å². The summed E-state index contributed by atoms with van der Waals surface area (Å²) >= 11 is 0. The Morgan fingerprint density at radius 1 is 1.53 bits per heavy atom. The molecule has 2 heterocycles. The molecule has 2 amide bonds. The Kier molecular flexibility index (Phi) is 3.42. The molecule has 2 aliphatic heterocycles. The van der Waals surface area contributed by atoms with E-state index >= 15 is 0 Å². The molecule has 0 aliphatic carbocycles. The van der Waals surface area contributed by atoms with Gasteiger partial charge in [0.25, 0.3) is 5.91 Å². The Hall–Kier alpha value is -1.43. The number of nitrogens with zero attached hydrogens (tertiary/aromatic N) is 3. The van der Waals surface area contributed by atoms with Gasteiger partial charge in [-0.1, -0.05) is 0 Å². The Labute approximate surface area is 99.9 Å². The minimum absolute atomic E-state index is 0.0591. The number of carbonyl (C=O) groups excluding carboxylic acids is 2. The number of aliphatic hydroxyl groups is 1. The third-order valence-electron chi connectivity index (χ3n) is 3.29. The minimum Gasteiger partial charge on any atom is -0.396 e. The lowest BCUT2D eigenvalue weighted by Gasteiger charge is -2.22. The highest BCUT2D eigenvalue weighted by Gasteiger charge is 2.30. The van der Waals surface area contributed by atoms with Crippen molar-refractivity contribution in [1.82, 2.24) is 9.91 Å². The second-order valence-electron chi connectivity index (χ2n) is 4.55. The summed E-state index contributed by atoms with van der Waals surface area (Å²) in [6, 6.07) is 0. The monoisotopic (exact) mass is 239 g/mol. The van der Waals surface area contributed by atoms with Crippen LogP contribution in [0.3, 0.4) is 0 Å². The predicted octanol–water partition coefficient (Wildman–Crippen LogP) is -0.565. The summed E-state index contributed by atoms with van der Waals surface area (Å²) in [6.45, 7) is 1.38. The van der Waals surface area contributed by atoms with Gasteiger partial charge in [0.15, 0.2) is 0 Å². The molecular formula is C11H17N3O3. The van der Waals surface area contributed by atoms with Gasteiger partial charge in [-0.2, -0.15) is 5.10 Å². The van der Waals surface area contributed by atoms with Crippen molar-refractivity contribution in [2.45, 2.75) is 19.3 Å². The lowest BCUT2D eigenvalue weighted by atomic mass is 10.1. The molecular weight excluding hydrogens is 222 g/mol. The number of hydrazone groups is 1. The summed E-state index contributed by atoms with van der Waals surface area (Å²) in [5.74, 6) is 0.0269. The lowest BCUT2D eigenvalue weighted by molar-refractivity contribution is -0.130. The van der Waals surface area contributed by atoms with E-state index in [1.54, 1.807) is 11.9 Å². The maximum Gasteiger partial charge on any atom is 0.270 e. The van der Waals surface area contributed by atoms with Crippen molar-refractivity contribution >= 4 is 17.5 Å². The van der Waals surface area contributed by atoms with Crippen LogP contribution < -0.4 is 0 Å². The summed E-state index contributed by atoms with van der Waals surface area (Å²) in [5.41, 5.74) is 0.450. The highest BCUT2D eigenvalue weighted by Crippen LogP contribution is 2.17. The van der Waals surface area contributed by atoms with Crippen molar-refractivity contribution in [2.75, 3.05) is 26.7 Å². The van der Waals surface area contributed by atoms with Gasteiger partial charge in [0.1, 0.15) is 5.71 Å². The van der Waals surface area contributed by atoms with Gasteiger partial charge in [-0.3, -0.25) is 9.59 Å². The summed E-state index contributed by atoms with van der Waals surface area (Å²) in [4.78, 5) is 25.0. The first kappa shape index (κ1) is 12.0. The molecule has 17 heavy (non-hydrogen) atoms. The van der Waals surface area contributed by atoms with Crippen LogP contribution in [0.2, 0.25) is 0 Å². The van der Waals surface area contributed by atoms with Crippen LogP contribution in [0.15, 0.2) is 5.10 Å². The maximum atomic E-state index is 12.1. The smallest absolute Gasteiger partial charge is 0.270 e. The largest absolute Gasteiger partial charge is 0.396 e. The topological polar surface area (TPSA) is 73.2 Å². The second-order valence-corrected chi connectivity index (χ2v) is 4.55. The Bertz CT molecular complexity index is 367. The summed E-state index contributed by atoms with van der Waals surface area (Å²) in [7, 11) is 1.56. The van der Waals surface area contributed by atoms with Crippen LogP contribution in [0.5, 0.6) is 0 Å². The highest BCUT2D eigenvalue weighted by molar-refractivity contribution is 6.39. The first-order valence-corrected chi connectivity index (χ1v) is 5.86.